The second-order valence-electron chi connectivity index (χ2n) is 6.22. The lowest BCUT2D eigenvalue weighted by atomic mass is 10.0. The van der Waals surface area contributed by atoms with E-state index in [2.05, 4.69) is 6.07 Å². The molecule has 5 nitrogen and oxygen atoms in total. The molecule has 0 radical (unpaired) electrons. The number of aryl methyl sites for hydroxylation is 2. The van der Waals surface area contributed by atoms with Crippen LogP contribution < -0.4 is 0 Å². The summed E-state index contributed by atoms with van der Waals surface area (Å²) in [5.74, 6) is -0.0266. The first-order valence-corrected chi connectivity index (χ1v) is 8.08. The van der Waals surface area contributed by atoms with Crippen LogP contribution in [0.3, 0.4) is 0 Å². The van der Waals surface area contributed by atoms with Crippen molar-refractivity contribution in [1.29, 1.82) is 0 Å². The summed E-state index contributed by atoms with van der Waals surface area (Å²) >= 11 is 0. The molecular formula is C18H25NO4. The summed E-state index contributed by atoms with van der Waals surface area (Å²) < 4.78 is 10.3. The average Bonchev–Trinajstić information content (AvgIpc) is 2.83. The van der Waals surface area contributed by atoms with E-state index < -0.39 is 11.9 Å². The average molecular weight is 319 g/mol. The van der Waals surface area contributed by atoms with Crippen molar-refractivity contribution in [2.75, 3.05) is 13.2 Å². The maximum Gasteiger partial charge on any atom is 0.510 e. The SMILES string of the molecule is CCOC(=O)OC1(C)CCCN1C(=O)Cc1ccc(C)cc1C. The molecule has 1 aromatic carbocycles. The van der Waals surface area contributed by atoms with Crippen molar-refractivity contribution in [3.8, 4) is 0 Å². The predicted octanol–water partition coefficient (Wildman–Crippen LogP) is 3.36. The van der Waals surface area contributed by atoms with Crippen LogP contribution in [-0.2, 0) is 20.7 Å². The molecule has 1 aromatic rings. The molecule has 1 saturated heterocycles. The molecule has 0 spiro atoms. The van der Waals surface area contributed by atoms with E-state index in [0.29, 0.717) is 19.4 Å². The van der Waals surface area contributed by atoms with Crippen molar-refractivity contribution in [2.45, 2.75) is 52.7 Å². The Hall–Kier alpha value is -2.04. The zero-order valence-corrected chi connectivity index (χ0v) is 14.3. The highest BCUT2D eigenvalue weighted by atomic mass is 16.7. The van der Waals surface area contributed by atoms with Crippen molar-refractivity contribution in [3.05, 3.63) is 34.9 Å². The van der Waals surface area contributed by atoms with Gasteiger partial charge in [0.1, 0.15) is 0 Å². The first kappa shape index (κ1) is 17.3. The molecule has 0 saturated carbocycles. The Morgan fingerprint density at radius 2 is 2.04 bits per heavy atom. The third-order valence-corrected chi connectivity index (χ3v) is 4.30. The number of likely N-dealkylation sites (tertiary alicyclic amines) is 1. The lowest BCUT2D eigenvalue weighted by Crippen LogP contribution is -2.48. The van der Waals surface area contributed by atoms with E-state index in [1.54, 1.807) is 18.7 Å². The Labute approximate surface area is 137 Å². The third-order valence-electron chi connectivity index (χ3n) is 4.30. The maximum absolute atomic E-state index is 12.7. The number of hydrogen-bond donors (Lipinski definition) is 0. The highest BCUT2D eigenvalue weighted by Gasteiger charge is 2.43. The molecule has 1 amide bonds. The predicted molar refractivity (Wildman–Crippen MR) is 87.1 cm³/mol. The van der Waals surface area contributed by atoms with Gasteiger partial charge < -0.3 is 14.4 Å². The summed E-state index contributed by atoms with van der Waals surface area (Å²) in [6, 6.07) is 6.07. The van der Waals surface area contributed by atoms with Crippen LogP contribution in [0.15, 0.2) is 18.2 Å². The van der Waals surface area contributed by atoms with Crippen molar-refractivity contribution in [1.82, 2.24) is 4.90 Å². The van der Waals surface area contributed by atoms with Crippen LogP contribution >= 0.6 is 0 Å². The van der Waals surface area contributed by atoms with Crippen LogP contribution in [0.25, 0.3) is 0 Å². The van der Waals surface area contributed by atoms with E-state index in [1.165, 1.54) is 5.56 Å². The molecule has 1 unspecified atom stereocenters. The van der Waals surface area contributed by atoms with Crippen molar-refractivity contribution in [2.24, 2.45) is 0 Å². The Morgan fingerprint density at radius 3 is 2.70 bits per heavy atom. The fourth-order valence-electron chi connectivity index (χ4n) is 3.06. The summed E-state index contributed by atoms with van der Waals surface area (Å²) in [7, 11) is 0. The van der Waals surface area contributed by atoms with Gasteiger partial charge >= 0.3 is 6.16 Å². The Balaban J connectivity index is 2.09. The minimum Gasteiger partial charge on any atom is -0.435 e. The van der Waals surface area contributed by atoms with Gasteiger partial charge in [-0.25, -0.2) is 4.79 Å². The van der Waals surface area contributed by atoms with Crippen LogP contribution in [0.2, 0.25) is 0 Å². The quantitative estimate of drug-likeness (QED) is 0.799. The molecule has 0 N–H and O–H groups in total. The highest BCUT2D eigenvalue weighted by molar-refractivity contribution is 5.80. The number of nitrogens with zero attached hydrogens (tertiary/aromatic N) is 1. The summed E-state index contributed by atoms with van der Waals surface area (Å²) in [4.78, 5) is 26.0. The standard InChI is InChI=1S/C18H25NO4/c1-5-22-17(21)23-18(4)9-6-10-19(18)16(20)12-15-8-7-13(2)11-14(15)3/h7-8,11H,5-6,9-10,12H2,1-4H3. The Bertz CT molecular complexity index is 599. The van der Waals surface area contributed by atoms with Gasteiger partial charge in [0, 0.05) is 13.0 Å². The van der Waals surface area contributed by atoms with Crippen LogP contribution in [0.4, 0.5) is 4.79 Å². The lowest BCUT2D eigenvalue weighted by molar-refractivity contribution is -0.152. The number of carbonyl (C=O) groups excluding carboxylic acids is 2. The summed E-state index contributed by atoms with van der Waals surface area (Å²) in [5, 5.41) is 0. The number of benzene rings is 1. The normalized spacial score (nSPS) is 20.4. The van der Waals surface area contributed by atoms with Gasteiger partial charge in [-0.1, -0.05) is 23.8 Å². The molecule has 1 atom stereocenters. The molecule has 1 aliphatic rings. The van der Waals surface area contributed by atoms with Gasteiger partial charge in [-0.3, -0.25) is 4.79 Å². The number of rotatable bonds is 4. The van der Waals surface area contributed by atoms with Gasteiger partial charge in [0.25, 0.3) is 0 Å². The van der Waals surface area contributed by atoms with E-state index in [4.69, 9.17) is 9.47 Å². The van der Waals surface area contributed by atoms with Gasteiger partial charge in [0.05, 0.1) is 13.0 Å². The second-order valence-corrected chi connectivity index (χ2v) is 6.22. The third kappa shape index (κ3) is 4.03. The van der Waals surface area contributed by atoms with Crippen molar-refractivity contribution >= 4 is 12.1 Å². The smallest absolute Gasteiger partial charge is 0.435 e. The zero-order chi connectivity index (χ0) is 17.0. The van der Waals surface area contributed by atoms with Gasteiger partial charge in [-0.2, -0.15) is 0 Å². The van der Waals surface area contributed by atoms with E-state index in [-0.39, 0.29) is 12.5 Å². The van der Waals surface area contributed by atoms with E-state index in [0.717, 1.165) is 17.5 Å². The summed E-state index contributed by atoms with van der Waals surface area (Å²) in [5.41, 5.74) is 2.37. The fraction of sp³-hybridized carbons (Fsp3) is 0.556. The van der Waals surface area contributed by atoms with Gasteiger partial charge in [0.15, 0.2) is 5.72 Å². The van der Waals surface area contributed by atoms with E-state index >= 15 is 0 Å². The molecular weight excluding hydrogens is 294 g/mol. The topological polar surface area (TPSA) is 55.8 Å². The van der Waals surface area contributed by atoms with Crippen molar-refractivity contribution < 1.29 is 19.1 Å². The largest absolute Gasteiger partial charge is 0.510 e. The van der Waals surface area contributed by atoms with Crippen molar-refractivity contribution in [3.63, 3.8) is 0 Å². The molecule has 0 bridgehead atoms. The molecule has 1 fully saturated rings. The Morgan fingerprint density at radius 1 is 1.30 bits per heavy atom. The molecule has 2 rings (SSSR count). The fourth-order valence-corrected chi connectivity index (χ4v) is 3.06. The van der Waals surface area contributed by atoms with Gasteiger partial charge in [-0.15, -0.1) is 0 Å². The minimum atomic E-state index is -0.915. The van der Waals surface area contributed by atoms with Gasteiger partial charge in [0.2, 0.25) is 5.91 Å². The molecule has 0 aromatic heterocycles. The molecule has 23 heavy (non-hydrogen) atoms. The molecule has 5 heteroatoms. The van der Waals surface area contributed by atoms with E-state index in [9.17, 15) is 9.59 Å². The van der Waals surface area contributed by atoms with Gasteiger partial charge in [-0.05, 0) is 45.2 Å². The second kappa shape index (κ2) is 7.02. The maximum atomic E-state index is 12.7. The summed E-state index contributed by atoms with van der Waals surface area (Å²) in [6.45, 7) is 8.39. The number of hydrogen-bond acceptors (Lipinski definition) is 4. The highest BCUT2D eigenvalue weighted by Crippen LogP contribution is 2.31. The van der Waals surface area contributed by atoms with Crippen LogP contribution in [0.5, 0.6) is 0 Å². The van der Waals surface area contributed by atoms with Crippen LogP contribution in [0, 0.1) is 13.8 Å². The molecule has 1 aliphatic heterocycles. The lowest BCUT2D eigenvalue weighted by Gasteiger charge is -2.34. The van der Waals surface area contributed by atoms with E-state index in [1.807, 2.05) is 26.0 Å². The Kier molecular flexibility index (Phi) is 5.29. The number of amides is 1. The molecule has 1 heterocycles. The number of carbonyl (C=O) groups is 2. The monoisotopic (exact) mass is 319 g/mol. The zero-order valence-electron chi connectivity index (χ0n) is 14.3. The first-order valence-electron chi connectivity index (χ1n) is 8.08. The minimum absolute atomic E-state index is 0.0266. The first-order chi connectivity index (χ1) is 10.9. The van der Waals surface area contributed by atoms with Crippen LogP contribution in [0.1, 0.15) is 43.4 Å². The molecule has 0 aliphatic carbocycles. The molecule has 126 valence electrons. The number of ether oxygens (including phenoxy) is 2. The van der Waals surface area contributed by atoms with Crippen LogP contribution in [-0.4, -0.2) is 35.8 Å². The summed E-state index contributed by atoms with van der Waals surface area (Å²) in [6.07, 6.45) is 1.04.